The summed E-state index contributed by atoms with van der Waals surface area (Å²) in [7, 11) is 0. The Balaban J connectivity index is 1.55. The van der Waals surface area contributed by atoms with Gasteiger partial charge in [-0.3, -0.25) is 9.67 Å². The molecular formula is C26H22F2N6O2. The lowest BCUT2D eigenvalue weighted by Crippen LogP contribution is -2.07. The number of fused-ring (bicyclic) bond motifs is 1. The number of anilines is 2. The first-order valence-corrected chi connectivity index (χ1v) is 11.2. The van der Waals surface area contributed by atoms with E-state index in [0.717, 1.165) is 23.4 Å². The minimum atomic E-state index is -0.723. The summed E-state index contributed by atoms with van der Waals surface area (Å²) < 4.78 is 36.3. The number of ether oxygens (including phenoxy) is 1. The number of rotatable bonds is 7. The van der Waals surface area contributed by atoms with Crippen LogP contribution in [0.1, 0.15) is 18.1 Å². The van der Waals surface area contributed by atoms with Crippen molar-refractivity contribution in [1.82, 2.24) is 24.7 Å². The second kappa shape index (κ2) is 9.57. The van der Waals surface area contributed by atoms with Gasteiger partial charge in [-0.05, 0) is 31.5 Å². The summed E-state index contributed by atoms with van der Waals surface area (Å²) in [6, 6.07) is 11.4. The van der Waals surface area contributed by atoms with E-state index in [1.54, 1.807) is 31.5 Å². The van der Waals surface area contributed by atoms with Crippen LogP contribution in [0, 0.1) is 18.6 Å². The Bertz CT molecular complexity index is 1550. The molecule has 0 aliphatic heterocycles. The molecule has 0 bridgehead atoms. The molecule has 0 saturated carbocycles. The maximum Gasteiger partial charge on any atom is 0.183 e. The van der Waals surface area contributed by atoms with Crippen molar-refractivity contribution in [3.63, 3.8) is 0 Å². The second-order valence-electron chi connectivity index (χ2n) is 8.06. The topological polar surface area (TPSA) is 98.0 Å². The minimum Gasteiger partial charge on any atom is -0.503 e. The minimum absolute atomic E-state index is 0.129. The summed E-state index contributed by atoms with van der Waals surface area (Å²) in [5.74, 6) is -1.03. The van der Waals surface area contributed by atoms with Gasteiger partial charge in [0.2, 0.25) is 0 Å². The van der Waals surface area contributed by atoms with Gasteiger partial charge < -0.3 is 15.2 Å². The van der Waals surface area contributed by atoms with Crippen molar-refractivity contribution in [3.8, 4) is 23.0 Å². The standard InChI is InChI=1S/C26H22F2N6O2/c1-3-36-16-10-19(27)18(20(28)11-16)14-34-22-7-5-4-6-17(22)24(33-34)26-30-13-23(35)25(32-26)31-21-8-9-29-12-15(21)2/h4-13,35H,3,14H2,1-2H3,(H,29,30,31,32). The van der Waals surface area contributed by atoms with Crippen molar-refractivity contribution in [3.05, 3.63) is 83.8 Å². The normalized spacial score (nSPS) is 11.1. The number of aryl methyl sites for hydroxylation is 1. The van der Waals surface area contributed by atoms with Gasteiger partial charge in [-0.1, -0.05) is 18.2 Å². The lowest BCUT2D eigenvalue weighted by molar-refractivity contribution is 0.335. The number of aromatic hydroxyl groups is 1. The van der Waals surface area contributed by atoms with Crippen LogP contribution in [-0.2, 0) is 6.54 Å². The lowest BCUT2D eigenvalue weighted by atomic mass is 10.1. The predicted molar refractivity (Wildman–Crippen MR) is 131 cm³/mol. The van der Waals surface area contributed by atoms with Crippen molar-refractivity contribution >= 4 is 22.4 Å². The molecule has 8 nitrogen and oxygen atoms in total. The number of hydrogen-bond donors (Lipinski definition) is 2. The summed E-state index contributed by atoms with van der Waals surface area (Å²) in [5.41, 5.74) is 2.51. The Morgan fingerprint density at radius 2 is 1.86 bits per heavy atom. The highest BCUT2D eigenvalue weighted by atomic mass is 19.1. The fourth-order valence-electron chi connectivity index (χ4n) is 3.87. The van der Waals surface area contributed by atoms with Gasteiger partial charge in [-0.25, -0.2) is 18.7 Å². The highest BCUT2D eigenvalue weighted by Crippen LogP contribution is 2.31. The van der Waals surface area contributed by atoms with Gasteiger partial charge in [-0.2, -0.15) is 5.10 Å². The van der Waals surface area contributed by atoms with Gasteiger partial charge >= 0.3 is 0 Å². The third kappa shape index (κ3) is 4.40. The zero-order valence-corrected chi connectivity index (χ0v) is 19.5. The van der Waals surface area contributed by atoms with Crippen LogP contribution in [0.3, 0.4) is 0 Å². The van der Waals surface area contributed by atoms with Gasteiger partial charge in [-0.15, -0.1) is 0 Å². The van der Waals surface area contributed by atoms with Crippen molar-refractivity contribution < 1.29 is 18.6 Å². The number of hydrogen-bond acceptors (Lipinski definition) is 7. The van der Waals surface area contributed by atoms with E-state index >= 15 is 0 Å². The van der Waals surface area contributed by atoms with Crippen LogP contribution in [0.15, 0.2) is 61.1 Å². The number of benzene rings is 2. The van der Waals surface area contributed by atoms with Crippen LogP contribution in [0.5, 0.6) is 11.5 Å². The molecule has 10 heteroatoms. The molecule has 0 radical (unpaired) electrons. The van der Waals surface area contributed by atoms with E-state index in [4.69, 9.17) is 4.74 Å². The second-order valence-corrected chi connectivity index (χ2v) is 8.06. The molecule has 0 atom stereocenters. The van der Waals surface area contributed by atoms with Crippen LogP contribution in [-0.4, -0.2) is 36.4 Å². The van der Waals surface area contributed by atoms with E-state index in [-0.39, 0.29) is 35.2 Å². The molecule has 182 valence electrons. The number of halogens is 2. The molecule has 0 aliphatic rings. The van der Waals surface area contributed by atoms with Crippen LogP contribution in [0.2, 0.25) is 0 Å². The predicted octanol–water partition coefficient (Wildman–Crippen LogP) is 5.37. The Kier molecular flexibility index (Phi) is 6.16. The molecular weight excluding hydrogens is 466 g/mol. The summed E-state index contributed by atoms with van der Waals surface area (Å²) in [4.78, 5) is 12.8. The van der Waals surface area contributed by atoms with Crippen LogP contribution in [0.25, 0.3) is 22.4 Å². The average Bonchev–Trinajstić information content (AvgIpc) is 3.23. The third-order valence-corrected chi connectivity index (χ3v) is 5.65. The number of para-hydroxylation sites is 1. The van der Waals surface area contributed by atoms with E-state index in [9.17, 15) is 13.9 Å². The van der Waals surface area contributed by atoms with Crippen molar-refractivity contribution in [2.24, 2.45) is 0 Å². The van der Waals surface area contributed by atoms with Crippen LogP contribution < -0.4 is 10.1 Å². The smallest absolute Gasteiger partial charge is 0.183 e. The van der Waals surface area contributed by atoms with Crippen molar-refractivity contribution in [2.45, 2.75) is 20.4 Å². The molecule has 3 heterocycles. The molecule has 5 rings (SSSR count). The highest BCUT2D eigenvalue weighted by molar-refractivity contribution is 5.92. The number of nitrogens with zero attached hydrogens (tertiary/aromatic N) is 5. The summed E-state index contributed by atoms with van der Waals surface area (Å²) in [6.07, 6.45) is 4.60. The Hall–Kier alpha value is -4.60. The molecule has 0 fully saturated rings. The van der Waals surface area contributed by atoms with E-state index in [2.05, 4.69) is 25.4 Å². The summed E-state index contributed by atoms with van der Waals surface area (Å²) in [5, 5.41) is 18.7. The summed E-state index contributed by atoms with van der Waals surface area (Å²) in [6.45, 7) is 3.77. The van der Waals surface area contributed by atoms with Crippen LogP contribution >= 0.6 is 0 Å². The first-order valence-electron chi connectivity index (χ1n) is 11.2. The first kappa shape index (κ1) is 23.2. The van der Waals surface area contributed by atoms with Gasteiger partial charge in [0.25, 0.3) is 0 Å². The third-order valence-electron chi connectivity index (χ3n) is 5.65. The van der Waals surface area contributed by atoms with Crippen LogP contribution in [0.4, 0.5) is 20.3 Å². The van der Waals surface area contributed by atoms with Crippen molar-refractivity contribution in [2.75, 3.05) is 11.9 Å². The van der Waals surface area contributed by atoms with Gasteiger partial charge in [0.1, 0.15) is 23.1 Å². The molecule has 0 aliphatic carbocycles. The molecule has 0 spiro atoms. The maximum atomic E-state index is 14.8. The zero-order valence-electron chi connectivity index (χ0n) is 19.5. The highest BCUT2D eigenvalue weighted by Gasteiger charge is 2.19. The number of pyridine rings is 1. The maximum absolute atomic E-state index is 14.8. The van der Waals surface area contributed by atoms with Gasteiger partial charge in [0.05, 0.1) is 24.9 Å². The number of nitrogens with one attached hydrogen (secondary N) is 1. The zero-order chi connectivity index (χ0) is 25.2. The molecule has 36 heavy (non-hydrogen) atoms. The Morgan fingerprint density at radius 3 is 2.61 bits per heavy atom. The molecule has 0 amide bonds. The number of aromatic nitrogens is 5. The molecule has 5 aromatic rings. The first-order chi connectivity index (χ1) is 17.4. The molecule has 2 N–H and O–H groups in total. The summed E-state index contributed by atoms with van der Waals surface area (Å²) >= 11 is 0. The molecule has 3 aromatic heterocycles. The van der Waals surface area contributed by atoms with Gasteiger partial charge in [0, 0.05) is 41.2 Å². The monoisotopic (exact) mass is 488 g/mol. The molecule has 0 unspecified atom stereocenters. The lowest BCUT2D eigenvalue weighted by Gasteiger charge is -2.10. The molecule has 2 aromatic carbocycles. The average molecular weight is 488 g/mol. The Labute approximate surface area is 205 Å². The fraction of sp³-hybridized carbons (Fsp3) is 0.154. The van der Waals surface area contributed by atoms with E-state index in [1.165, 1.54) is 10.9 Å². The fourth-order valence-corrected chi connectivity index (χ4v) is 3.87. The Morgan fingerprint density at radius 1 is 1.08 bits per heavy atom. The van der Waals surface area contributed by atoms with Crippen molar-refractivity contribution in [1.29, 1.82) is 0 Å². The van der Waals surface area contributed by atoms with Gasteiger partial charge in [0.15, 0.2) is 17.4 Å². The van der Waals surface area contributed by atoms with E-state index in [1.807, 2.05) is 25.1 Å². The van der Waals surface area contributed by atoms with E-state index in [0.29, 0.717) is 23.2 Å². The SMILES string of the molecule is CCOc1cc(F)c(Cn2nc(-c3ncc(O)c(Nc4ccncc4C)n3)c3ccccc32)c(F)c1. The molecule has 0 saturated heterocycles. The van der Waals surface area contributed by atoms with E-state index < -0.39 is 11.6 Å². The largest absolute Gasteiger partial charge is 0.503 e. The quantitative estimate of drug-likeness (QED) is 0.318.